The summed E-state index contributed by atoms with van der Waals surface area (Å²) in [5, 5.41) is 13.2. The van der Waals surface area contributed by atoms with Gasteiger partial charge in [-0.15, -0.1) is 0 Å². The maximum absolute atomic E-state index is 12.0. The summed E-state index contributed by atoms with van der Waals surface area (Å²) < 4.78 is 10.3. The number of carboxylic acid groups (broad SMARTS) is 1. The van der Waals surface area contributed by atoms with Crippen molar-refractivity contribution in [2.75, 3.05) is 6.54 Å². The molecule has 1 saturated heterocycles. The molecule has 0 bridgehead atoms. The minimum atomic E-state index is -1.06. The molecular formula is C14H20N2O5. The van der Waals surface area contributed by atoms with Gasteiger partial charge in [0.25, 0.3) is 0 Å². The summed E-state index contributed by atoms with van der Waals surface area (Å²) in [4.78, 5) is 24.8. The number of amides is 1. The zero-order chi connectivity index (χ0) is 15.9. The van der Waals surface area contributed by atoms with Crippen molar-refractivity contribution in [2.24, 2.45) is 0 Å². The highest BCUT2D eigenvalue weighted by molar-refractivity contribution is 5.84. The molecule has 0 aliphatic carbocycles. The Bertz CT molecular complexity index is 553. The van der Waals surface area contributed by atoms with Crippen molar-refractivity contribution < 1.29 is 24.0 Å². The second-order valence-electron chi connectivity index (χ2n) is 6.26. The quantitative estimate of drug-likeness (QED) is 0.898. The van der Waals surface area contributed by atoms with Crippen LogP contribution in [0, 0.1) is 13.8 Å². The fraction of sp³-hybridized carbons (Fsp3) is 0.643. The summed E-state index contributed by atoms with van der Waals surface area (Å²) in [7, 11) is 0. The predicted octanol–water partition coefficient (Wildman–Crippen LogP) is 2.08. The molecule has 2 atom stereocenters. The van der Waals surface area contributed by atoms with E-state index in [0.29, 0.717) is 11.5 Å². The van der Waals surface area contributed by atoms with Crippen LogP contribution in [0.3, 0.4) is 0 Å². The largest absolute Gasteiger partial charge is 0.480 e. The topological polar surface area (TPSA) is 92.9 Å². The van der Waals surface area contributed by atoms with E-state index < -0.39 is 23.7 Å². The van der Waals surface area contributed by atoms with Crippen molar-refractivity contribution in [2.45, 2.75) is 52.2 Å². The molecule has 2 heterocycles. The lowest BCUT2D eigenvalue weighted by molar-refractivity contribution is -0.149. The smallest absolute Gasteiger partial charge is 0.411 e. The van der Waals surface area contributed by atoms with Crippen molar-refractivity contribution in [3.63, 3.8) is 0 Å². The maximum atomic E-state index is 12.0. The van der Waals surface area contributed by atoms with Crippen LogP contribution >= 0.6 is 0 Å². The average molecular weight is 296 g/mol. The Morgan fingerprint density at radius 2 is 2.00 bits per heavy atom. The molecule has 7 heteroatoms. The maximum Gasteiger partial charge on any atom is 0.411 e. The van der Waals surface area contributed by atoms with Gasteiger partial charge < -0.3 is 14.4 Å². The number of aryl methyl sites for hydroxylation is 2. The van der Waals surface area contributed by atoms with Gasteiger partial charge in [0.15, 0.2) is 0 Å². The third-order valence-electron chi connectivity index (χ3n) is 3.45. The van der Waals surface area contributed by atoms with Gasteiger partial charge in [-0.3, -0.25) is 4.90 Å². The molecule has 1 aliphatic heterocycles. The fourth-order valence-corrected chi connectivity index (χ4v) is 2.59. The number of carboxylic acids is 1. The second kappa shape index (κ2) is 5.05. The van der Waals surface area contributed by atoms with E-state index in [0.717, 1.165) is 5.56 Å². The first-order chi connectivity index (χ1) is 9.61. The van der Waals surface area contributed by atoms with Crippen LogP contribution in [0.25, 0.3) is 0 Å². The van der Waals surface area contributed by atoms with Crippen LogP contribution in [0.5, 0.6) is 0 Å². The second-order valence-corrected chi connectivity index (χ2v) is 6.26. The normalized spacial score (nSPS) is 21.9. The van der Waals surface area contributed by atoms with Gasteiger partial charge in [-0.2, -0.15) is 0 Å². The van der Waals surface area contributed by atoms with Crippen LogP contribution in [-0.4, -0.2) is 45.4 Å². The van der Waals surface area contributed by atoms with Gasteiger partial charge in [-0.1, -0.05) is 5.16 Å². The Hall–Kier alpha value is -2.05. The lowest BCUT2D eigenvalue weighted by Gasteiger charge is -2.45. The molecule has 0 saturated carbocycles. The average Bonchev–Trinajstić information content (AvgIpc) is 2.56. The molecule has 1 N–H and O–H groups in total. The third-order valence-corrected chi connectivity index (χ3v) is 3.45. The molecule has 1 fully saturated rings. The monoisotopic (exact) mass is 296 g/mol. The molecule has 116 valence electrons. The van der Waals surface area contributed by atoms with Crippen LogP contribution in [-0.2, 0) is 9.53 Å². The highest BCUT2D eigenvalue weighted by Gasteiger charge is 2.50. The van der Waals surface area contributed by atoms with Gasteiger partial charge in [0.05, 0.1) is 5.69 Å². The minimum Gasteiger partial charge on any atom is -0.480 e. The van der Waals surface area contributed by atoms with Crippen molar-refractivity contribution in [3.05, 3.63) is 17.0 Å². The van der Waals surface area contributed by atoms with Crippen LogP contribution in [0.15, 0.2) is 4.52 Å². The first-order valence-corrected chi connectivity index (χ1v) is 6.77. The summed E-state index contributed by atoms with van der Waals surface area (Å²) in [6.07, 6.45) is -0.613. The summed E-state index contributed by atoms with van der Waals surface area (Å²) in [6, 6.07) is -0.948. The van der Waals surface area contributed by atoms with Gasteiger partial charge in [0, 0.05) is 18.0 Å². The van der Waals surface area contributed by atoms with Gasteiger partial charge in [-0.05, 0) is 34.6 Å². The van der Waals surface area contributed by atoms with Gasteiger partial charge in [0.1, 0.15) is 17.4 Å². The number of aliphatic carboxylic acids is 1. The van der Waals surface area contributed by atoms with Crippen LogP contribution in [0.2, 0.25) is 0 Å². The van der Waals surface area contributed by atoms with E-state index in [4.69, 9.17) is 9.26 Å². The van der Waals surface area contributed by atoms with Crippen molar-refractivity contribution in [1.82, 2.24) is 10.1 Å². The summed E-state index contributed by atoms with van der Waals surface area (Å²) in [5.74, 6) is -0.786. The number of carbonyl (C=O) groups excluding carboxylic acids is 1. The van der Waals surface area contributed by atoms with E-state index in [9.17, 15) is 14.7 Å². The number of rotatable bonds is 2. The molecule has 0 radical (unpaired) electrons. The molecule has 1 aliphatic rings. The number of aromatic nitrogens is 1. The number of ether oxygens (including phenoxy) is 1. The summed E-state index contributed by atoms with van der Waals surface area (Å²) in [5.41, 5.74) is 0.767. The van der Waals surface area contributed by atoms with Gasteiger partial charge in [0.2, 0.25) is 0 Å². The number of nitrogens with zero attached hydrogens (tertiary/aromatic N) is 2. The lowest BCUT2D eigenvalue weighted by atomic mass is 9.82. The van der Waals surface area contributed by atoms with E-state index in [1.165, 1.54) is 4.90 Å². The molecule has 7 nitrogen and oxygen atoms in total. The van der Waals surface area contributed by atoms with E-state index >= 15 is 0 Å². The highest BCUT2D eigenvalue weighted by Crippen LogP contribution is 2.38. The first kappa shape index (κ1) is 15.3. The van der Waals surface area contributed by atoms with Crippen LogP contribution in [0.1, 0.15) is 43.7 Å². The lowest BCUT2D eigenvalue weighted by Crippen LogP contribution is -2.61. The molecule has 2 unspecified atom stereocenters. The molecule has 2 rings (SSSR count). The standard InChI is InChI=1S/C14H20N2O5/c1-7-10(8(2)21-15-7)9-6-16(11(9)12(17)18)13(19)20-14(3,4)5/h9,11H,6H2,1-5H3,(H,17,18). The van der Waals surface area contributed by atoms with E-state index in [1.54, 1.807) is 34.6 Å². The Balaban J connectivity index is 2.20. The molecule has 1 amide bonds. The minimum absolute atomic E-state index is 0.286. The third kappa shape index (κ3) is 2.86. The van der Waals surface area contributed by atoms with Crippen molar-refractivity contribution in [1.29, 1.82) is 0 Å². The Kier molecular flexibility index (Phi) is 3.69. The van der Waals surface area contributed by atoms with Crippen molar-refractivity contribution in [3.8, 4) is 0 Å². The molecule has 21 heavy (non-hydrogen) atoms. The zero-order valence-corrected chi connectivity index (χ0v) is 12.8. The summed E-state index contributed by atoms with van der Waals surface area (Å²) in [6.45, 7) is 9.02. The van der Waals surface area contributed by atoms with Crippen LogP contribution < -0.4 is 0 Å². The first-order valence-electron chi connectivity index (χ1n) is 6.77. The predicted molar refractivity (Wildman–Crippen MR) is 73.1 cm³/mol. The molecule has 0 aromatic carbocycles. The van der Waals surface area contributed by atoms with E-state index in [2.05, 4.69) is 5.16 Å². The van der Waals surface area contributed by atoms with Crippen LogP contribution in [0.4, 0.5) is 4.79 Å². The van der Waals surface area contributed by atoms with Crippen molar-refractivity contribution >= 4 is 12.1 Å². The van der Waals surface area contributed by atoms with E-state index in [-0.39, 0.29) is 12.5 Å². The fourth-order valence-electron chi connectivity index (χ4n) is 2.59. The Labute approximate surface area is 122 Å². The molecule has 1 aromatic heterocycles. The number of hydrogen-bond donors (Lipinski definition) is 1. The Morgan fingerprint density at radius 1 is 1.38 bits per heavy atom. The highest BCUT2D eigenvalue weighted by atomic mass is 16.6. The Morgan fingerprint density at radius 3 is 2.43 bits per heavy atom. The van der Waals surface area contributed by atoms with E-state index in [1.807, 2.05) is 0 Å². The zero-order valence-electron chi connectivity index (χ0n) is 12.8. The number of likely N-dealkylation sites (tertiary alicyclic amines) is 1. The number of carbonyl (C=O) groups is 2. The molecule has 1 aromatic rings. The summed E-state index contributed by atoms with van der Waals surface area (Å²) >= 11 is 0. The van der Waals surface area contributed by atoms with Gasteiger partial charge in [-0.25, -0.2) is 9.59 Å². The van der Waals surface area contributed by atoms with Gasteiger partial charge >= 0.3 is 12.1 Å². The molecule has 0 spiro atoms. The number of hydrogen-bond acceptors (Lipinski definition) is 5. The molecular weight excluding hydrogens is 276 g/mol. The SMILES string of the molecule is Cc1noc(C)c1C1CN(C(=O)OC(C)(C)C)C1C(=O)O.